The molecule has 4 nitrogen and oxygen atoms in total. The molecule has 0 aliphatic rings. The molecule has 0 heterocycles. The molecular weight excluding hydrogens is 194 g/mol. The highest BCUT2D eigenvalue weighted by Crippen LogP contribution is 1.94. The van der Waals surface area contributed by atoms with Gasteiger partial charge < -0.3 is 19.5 Å². The number of nitrogens with zero attached hydrogens (tertiary/aromatic N) is 1. The van der Waals surface area contributed by atoms with Crippen molar-refractivity contribution in [2.24, 2.45) is 5.92 Å². The molecule has 0 radical (unpaired) electrons. The number of rotatable bonds is 9. The third-order valence-electron chi connectivity index (χ3n) is 1.95. The van der Waals surface area contributed by atoms with Gasteiger partial charge in [-0.15, -0.1) is 0 Å². The van der Waals surface area contributed by atoms with E-state index in [0.717, 1.165) is 13.2 Å². The molecule has 0 amide bonds. The zero-order valence-electron chi connectivity index (χ0n) is 10.4. The average molecular weight is 219 g/mol. The molecule has 0 bridgehead atoms. The fourth-order valence-corrected chi connectivity index (χ4v) is 1.24. The Morgan fingerprint density at radius 1 is 1.27 bits per heavy atom. The second kappa shape index (κ2) is 9.09. The smallest absolute Gasteiger partial charge is 0.0899 e. The van der Waals surface area contributed by atoms with Gasteiger partial charge in [0.15, 0.2) is 0 Å². The predicted molar refractivity (Wildman–Crippen MR) is 61.0 cm³/mol. The molecule has 92 valence electrons. The molecule has 0 aromatic carbocycles. The van der Waals surface area contributed by atoms with Gasteiger partial charge in [0.2, 0.25) is 0 Å². The van der Waals surface area contributed by atoms with Crippen LogP contribution in [-0.2, 0) is 9.47 Å². The minimum atomic E-state index is -0.412. The summed E-state index contributed by atoms with van der Waals surface area (Å²) in [4.78, 5) is 2.05. The van der Waals surface area contributed by atoms with Gasteiger partial charge in [0.25, 0.3) is 0 Å². The summed E-state index contributed by atoms with van der Waals surface area (Å²) in [5, 5.41) is 9.46. The zero-order valence-corrected chi connectivity index (χ0v) is 10.4. The van der Waals surface area contributed by atoms with Crippen molar-refractivity contribution in [2.75, 3.05) is 47.1 Å². The number of methoxy groups -OCH3 is 1. The van der Waals surface area contributed by atoms with Crippen LogP contribution in [0.25, 0.3) is 0 Å². The van der Waals surface area contributed by atoms with Crippen LogP contribution in [0, 0.1) is 5.92 Å². The summed E-state index contributed by atoms with van der Waals surface area (Å²) in [5.41, 5.74) is 0. The lowest BCUT2D eigenvalue weighted by Crippen LogP contribution is -2.34. The quantitative estimate of drug-likeness (QED) is 0.577. The van der Waals surface area contributed by atoms with E-state index in [0.29, 0.717) is 25.7 Å². The van der Waals surface area contributed by atoms with E-state index in [4.69, 9.17) is 9.47 Å². The second-order valence-electron chi connectivity index (χ2n) is 4.34. The number of likely N-dealkylation sites (N-methyl/N-ethyl adjacent to an activating group) is 1. The predicted octanol–water partition coefficient (Wildman–Crippen LogP) is 0.598. The maximum atomic E-state index is 9.46. The van der Waals surface area contributed by atoms with Crippen molar-refractivity contribution >= 4 is 0 Å². The lowest BCUT2D eigenvalue weighted by Gasteiger charge is -2.20. The molecule has 0 aromatic rings. The molecule has 0 saturated heterocycles. The van der Waals surface area contributed by atoms with E-state index >= 15 is 0 Å². The summed E-state index contributed by atoms with van der Waals surface area (Å²) in [7, 11) is 3.56. The lowest BCUT2D eigenvalue weighted by molar-refractivity contribution is 0.0325. The average Bonchev–Trinajstić information content (AvgIpc) is 2.12. The molecule has 4 heteroatoms. The third kappa shape index (κ3) is 10.1. The highest BCUT2D eigenvalue weighted by Gasteiger charge is 2.07. The van der Waals surface area contributed by atoms with Gasteiger partial charge in [0.1, 0.15) is 0 Å². The first kappa shape index (κ1) is 14.8. The van der Waals surface area contributed by atoms with Gasteiger partial charge in [0, 0.05) is 26.8 Å². The van der Waals surface area contributed by atoms with Crippen LogP contribution in [0.1, 0.15) is 13.8 Å². The molecule has 1 N–H and O–H groups in total. The van der Waals surface area contributed by atoms with Crippen molar-refractivity contribution in [1.82, 2.24) is 4.90 Å². The van der Waals surface area contributed by atoms with E-state index < -0.39 is 6.10 Å². The Bertz CT molecular complexity index is 142. The van der Waals surface area contributed by atoms with Crippen LogP contribution >= 0.6 is 0 Å². The molecule has 1 atom stereocenters. The Labute approximate surface area is 93.2 Å². The standard InChI is InChI=1S/C11H25NO3/c1-10(2)8-15-6-5-12(3)7-11(13)9-14-4/h10-11,13H,5-9H2,1-4H3. The highest BCUT2D eigenvalue weighted by molar-refractivity contribution is 4.60. The fraction of sp³-hybridized carbons (Fsp3) is 1.00. The van der Waals surface area contributed by atoms with Crippen molar-refractivity contribution < 1.29 is 14.6 Å². The van der Waals surface area contributed by atoms with Crippen LogP contribution < -0.4 is 0 Å². The van der Waals surface area contributed by atoms with Gasteiger partial charge in [-0.3, -0.25) is 0 Å². The first-order valence-corrected chi connectivity index (χ1v) is 5.49. The van der Waals surface area contributed by atoms with E-state index in [1.54, 1.807) is 7.11 Å². The maximum Gasteiger partial charge on any atom is 0.0899 e. The van der Waals surface area contributed by atoms with E-state index in [9.17, 15) is 5.11 Å². The van der Waals surface area contributed by atoms with Crippen LogP contribution in [0.15, 0.2) is 0 Å². The monoisotopic (exact) mass is 219 g/mol. The molecule has 0 aliphatic heterocycles. The molecule has 0 rings (SSSR count). The normalized spacial score (nSPS) is 13.8. The van der Waals surface area contributed by atoms with Crippen molar-refractivity contribution in [3.8, 4) is 0 Å². The number of hydrogen-bond acceptors (Lipinski definition) is 4. The van der Waals surface area contributed by atoms with Crippen molar-refractivity contribution in [3.63, 3.8) is 0 Å². The molecule has 0 aliphatic carbocycles. The van der Waals surface area contributed by atoms with Crippen molar-refractivity contribution in [1.29, 1.82) is 0 Å². The summed E-state index contributed by atoms with van der Waals surface area (Å²) in [5.74, 6) is 0.578. The number of ether oxygens (including phenoxy) is 2. The van der Waals surface area contributed by atoms with E-state index in [1.165, 1.54) is 0 Å². The van der Waals surface area contributed by atoms with Crippen LogP contribution in [0.2, 0.25) is 0 Å². The van der Waals surface area contributed by atoms with Crippen molar-refractivity contribution in [3.05, 3.63) is 0 Å². The van der Waals surface area contributed by atoms with Gasteiger partial charge in [-0.05, 0) is 13.0 Å². The van der Waals surface area contributed by atoms with Crippen LogP contribution in [0.5, 0.6) is 0 Å². The van der Waals surface area contributed by atoms with E-state index in [1.807, 2.05) is 11.9 Å². The molecule has 0 fully saturated rings. The summed E-state index contributed by atoms with van der Waals surface area (Å²) in [6.45, 7) is 7.63. The SMILES string of the molecule is COCC(O)CN(C)CCOCC(C)C. The number of aliphatic hydroxyl groups excluding tert-OH is 1. The maximum absolute atomic E-state index is 9.46. The van der Waals surface area contributed by atoms with Crippen LogP contribution in [0.4, 0.5) is 0 Å². The van der Waals surface area contributed by atoms with Gasteiger partial charge in [-0.1, -0.05) is 13.8 Å². The first-order valence-electron chi connectivity index (χ1n) is 5.49. The molecule has 15 heavy (non-hydrogen) atoms. The molecule has 1 unspecified atom stereocenters. The van der Waals surface area contributed by atoms with Gasteiger partial charge in [0.05, 0.1) is 19.3 Å². The zero-order chi connectivity index (χ0) is 11.7. The Hall–Kier alpha value is -0.160. The summed E-state index contributed by atoms with van der Waals surface area (Å²) >= 11 is 0. The van der Waals surface area contributed by atoms with Crippen molar-refractivity contribution in [2.45, 2.75) is 20.0 Å². The van der Waals surface area contributed by atoms with E-state index in [2.05, 4.69) is 13.8 Å². The minimum absolute atomic E-state index is 0.386. The molecule has 0 spiro atoms. The van der Waals surface area contributed by atoms with Gasteiger partial charge in [-0.25, -0.2) is 0 Å². The van der Waals surface area contributed by atoms with E-state index in [-0.39, 0.29) is 0 Å². The van der Waals surface area contributed by atoms with Crippen LogP contribution in [0.3, 0.4) is 0 Å². The molecule has 0 saturated carbocycles. The minimum Gasteiger partial charge on any atom is -0.389 e. The lowest BCUT2D eigenvalue weighted by atomic mass is 10.2. The molecule has 0 aromatic heterocycles. The summed E-state index contributed by atoms with van der Waals surface area (Å²) in [6, 6.07) is 0. The number of hydrogen-bond donors (Lipinski definition) is 1. The second-order valence-corrected chi connectivity index (χ2v) is 4.34. The molecular formula is C11H25NO3. The third-order valence-corrected chi connectivity index (χ3v) is 1.95. The fourth-order valence-electron chi connectivity index (χ4n) is 1.24. The van der Waals surface area contributed by atoms with Gasteiger partial charge >= 0.3 is 0 Å². The van der Waals surface area contributed by atoms with Gasteiger partial charge in [-0.2, -0.15) is 0 Å². The topological polar surface area (TPSA) is 41.9 Å². The first-order chi connectivity index (χ1) is 7.06. The summed E-state index contributed by atoms with van der Waals surface area (Å²) in [6.07, 6.45) is -0.412. The number of aliphatic hydroxyl groups is 1. The Morgan fingerprint density at radius 3 is 2.47 bits per heavy atom. The van der Waals surface area contributed by atoms with Crippen LogP contribution in [-0.4, -0.2) is 63.2 Å². The largest absolute Gasteiger partial charge is 0.389 e. The Balaban J connectivity index is 3.36. The summed E-state index contributed by atoms with van der Waals surface area (Å²) < 4.78 is 10.3. The highest BCUT2D eigenvalue weighted by atomic mass is 16.5. The Kier molecular flexibility index (Phi) is 9.00. The Morgan fingerprint density at radius 2 is 1.93 bits per heavy atom.